The van der Waals surface area contributed by atoms with Crippen LogP contribution in [-0.4, -0.2) is 45.9 Å². The van der Waals surface area contributed by atoms with Crippen LogP contribution < -0.4 is 9.47 Å². The van der Waals surface area contributed by atoms with Gasteiger partial charge in [-0.25, -0.2) is 4.68 Å². The average molecular weight is 329 g/mol. The molecule has 2 aromatic rings. The second kappa shape index (κ2) is 6.05. The van der Waals surface area contributed by atoms with Crippen LogP contribution in [0.15, 0.2) is 12.1 Å². The van der Waals surface area contributed by atoms with Gasteiger partial charge in [-0.1, -0.05) is 0 Å². The summed E-state index contributed by atoms with van der Waals surface area (Å²) in [5.74, 6) is 2.56. The Kier molecular flexibility index (Phi) is 3.88. The third-order valence-electron chi connectivity index (χ3n) is 5.08. The minimum atomic E-state index is 0.196. The number of tetrazole rings is 1. The van der Waals surface area contributed by atoms with E-state index in [-0.39, 0.29) is 6.04 Å². The Labute approximate surface area is 141 Å². The quantitative estimate of drug-likeness (QED) is 0.837. The molecule has 2 heterocycles. The summed E-state index contributed by atoms with van der Waals surface area (Å²) in [6, 6.07) is 4.89. The topological polar surface area (TPSA) is 65.3 Å². The fourth-order valence-corrected chi connectivity index (χ4v) is 3.45. The molecule has 128 valence electrons. The lowest BCUT2D eigenvalue weighted by molar-refractivity contribution is 0.179. The van der Waals surface area contributed by atoms with Gasteiger partial charge in [-0.3, -0.25) is 4.90 Å². The minimum absolute atomic E-state index is 0.196. The van der Waals surface area contributed by atoms with Crippen LogP contribution in [0.1, 0.15) is 48.8 Å². The van der Waals surface area contributed by atoms with Crippen molar-refractivity contribution in [3.63, 3.8) is 0 Å². The molecular formula is C17H23N5O2. The molecule has 2 aliphatic rings. The highest BCUT2D eigenvalue weighted by Crippen LogP contribution is 2.38. The summed E-state index contributed by atoms with van der Waals surface area (Å²) >= 11 is 0. The molecule has 0 spiro atoms. The van der Waals surface area contributed by atoms with Gasteiger partial charge in [0.05, 0.1) is 26.3 Å². The first-order valence-electron chi connectivity index (χ1n) is 8.47. The molecule has 1 unspecified atom stereocenters. The molecule has 1 saturated carbocycles. The third kappa shape index (κ3) is 2.62. The predicted octanol–water partition coefficient (Wildman–Crippen LogP) is 2.14. The number of benzene rings is 1. The fourth-order valence-electron chi connectivity index (χ4n) is 3.45. The van der Waals surface area contributed by atoms with E-state index >= 15 is 0 Å². The van der Waals surface area contributed by atoms with Crippen molar-refractivity contribution in [2.45, 2.75) is 44.8 Å². The number of aromatic nitrogens is 4. The van der Waals surface area contributed by atoms with Crippen molar-refractivity contribution in [1.82, 2.24) is 25.1 Å². The van der Waals surface area contributed by atoms with Gasteiger partial charge in [0.2, 0.25) is 0 Å². The van der Waals surface area contributed by atoms with E-state index in [2.05, 4.69) is 39.5 Å². The Hall–Kier alpha value is -2.15. The first kappa shape index (κ1) is 15.4. The van der Waals surface area contributed by atoms with Gasteiger partial charge in [-0.05, 0) is 59.9 Å². The van der Waals surface area contributed by atoms with E-state index in [1.807, 2.05) is 4.68 Å². The highest BCUT2D eigenvalue weighted by molar-refractivity contribution is 5.48. The summed E-state index contributed by atoms with van der Waals surface area (Å²) in [7, 11) is 3.36. The van der Waals surface area contributed by atoms with Gasteiger partial charge in [0, 0.05) is 13.1 Å². The summed E-state index contributed by atoms with van der Waals surface area (Å²) < 4.78 is 12.9. The van der Waals surface area contributed by atoms with Gasteiger partial charge in [0.15, 0.2) is 17.3 Å². The van der Waals surface area contributed by atoms with Crippen LogP contribution in [-0.2, 0) is 13.0 Å². The van der Waals surface area contributed by atoms with Crippen LogP contribution >= 0.6 is 0 Å². The molecule has 0 amide bonds. The zero-order chi connectivity index (χ0) is 16.7. The maximum atomic E-state index is 5.45. The first-order chi connectivity index (χ1) is 11.7. The molecule has 1 aliphatic carbocycles. The van der Waals surface area contributed by atoms with Crippen LogP contribution in [0.3, 0.4) is 0 Å². The van der Waals surface area contributed by atoms with Crippen molar-refractivity contribution in [2.75, 3.05) is 20.8 Å². The number of hydrogen-bond donors (Lipinski definition) is 0. The van der Waals surface area contributed by atoms with Crippen LogP contribution in [0, 0.1) is 0 Å². The van der Waals surface area contributed by atoms with Crippen molar-refractivity contribution < 1.29 is 9.47 Å². The van der Waals surface area contributed by atoms with Crippen LogP contribution in [0.4, 0.5) is 0 Å². The number of fused-ring (bicyclic) bond motifs is 1. The van der Waals surface area contributed by atoms with E-state index in [4.69, 9.17) is 9.47 Å². The highest BCUT2D eigenvalue weighted by Gasteiger charge is 2.32. The molecule has 1 aromatic heterocycles. The molecule has 7 heteroatoms. The zero-order valence-corrected chi connectivity index (χ0v) is 14.4. The van der Waals surface area contributed by atoms with Crippen LogP contribution in [0.25, 0.3) is 0 Å². The molecule has 1 fully saturated rings. The predicted molar refractivity (Wildman–Crippen MR) is 88.2 cm³/mol. The molecule has 0 saturated heterocycles. The van der Waals surface area contributed by atoms with E-state index in [1.165, 1.54) is 24.0 Å². The molecule has 0 radical (unpaired) electrons. The van der Waals surface area contributed by atoms with Crippen molar-refractivity contribution >= 4 is 0 Å². The standard InChI is InChI=1S/C17H23N5O2/c1-11(17-18-19-20-22(17)14-4-5-14)21-7-6-12-8-15(23-2)16(24-3)9-13(12)10-21/h8-9,11,14H,4-7,10H2,1-3H3. The van der Waals surface area contributed by atoms with E-state index in [9.17, 15) is 0 Å². The Morgan fingerprint density at radius 3 is 2.50 bits per heavy atom. The number of nitrogens with zero attached hydrogens (tertiary/aromatic N) is 5. The van der Waals surface area contributed by atoms with Crippen molar-refractivity contribution in [3.05, 3.63) is 29.1 Å². The number of rotatable bonds is 5. The van der Waals surface area contributed by atoms with Crippen molar-refractivity contribution in [2.24, 2.45) is 0 Å². The minimum Gasteiger partial charge on any atom is -0.493 e. The number of ether oxygens (including phenoxy) is 2. The van der Waals surface area contributed by atoms with Gasteiger partial charge < -0.3 is 9.47 Å². The molecule has 1 aromatic carbocycles. The van der Waals surface area contributed by atoms with E-state index in [0.29, 0.717) is 6.04 Å². The average Bonchev–Trinajstić information content (AvgIpc) is 3.35. The lowest BCUT2D eigenvalue weighted by atomic mass is 9.97. The Morgan fingerprint density at radius 2 is 1.83 bits per heavy atom. The van der Waals surface area contributed by atoms with Crippen molar-refractivity contribution in [3.8, 4) is 11.5 Å². The molecule has 0 bridgehead atoms. The molecule has 7 nitrogen and oxygen atoms in total. The fraction of sp³-hybridized carbons (Fsp3) is 0.588. The van der Waals surface area contributed by atoms with Gasteiger partial charge in [0.25, 0.3) is 0 Å². The summed E-state index contributed by atoms with van der Waals surface area (Å²) in [4.78, 5) is 2.43. The molecule has 1 aliphatic heterocycles. The second-order valence-corrected chi connectivity index (χ2v) is 6.59. The molecular weight excluding hydrogens is 306 g/mol. The maximum Gasteiger partial charge on any atom is 0.168 e. The Bertz CT molecular complexity index is 741. The Morgan fingerprint density at radius 1 is 1.12 bits per heavy atom. The molecule has 0 N–H and O–H groups in total. The normalized spacial score (nSPS) is 19.0. The van der Waals surface area contributed by atoms with E-state index in [0.717, 1.165) is 36.8 Å². The van der Waals surface area contributed by atoms with Gasteiger partial charge >= 0.3 is 0 Å². The SMILES string of the molecule is COc1cc2c(cc1OC)CN(C(C)c1nnnn1C1CC1)CC2. The largest absolute Gasteiger partial charge is 0.493 e. The lowest BCUT2D eigenvalue weighted by Gasteiger charge is -2.33. The second-order valence-electron chi connectivity index (χ2n) is 6.59. The van der Waals surface area contributed by atoms with Gasteiger partial charge in [-0.15, -0.1) is 5.10 Å². The number of methoxy groups -OCH3 is 2. The Balaban J connectivity index is 1.58. The number of hydrogen-bond acceptors (Lipinski definition) is 6. The molecule has 24 heavy (non-hydrogen) atoms. The highest BCUT2D eigenvalue weighted by atomic mass is 16.5. The lowest BCUT2D eigenvalue weighted by Crippen LogP contribution is -2.34. The zero-order valence-electron chi connectivity index (χ0n) is 14.4. The summed E-state index contributed by atoms with van der Waals surface area (Å²) in [6.07, 6.45) is 3.36. The van der Waals surface area contributed by atoms with Crippen molar-refractivity contribution in [1.29, 1.82) is 0 Å². The monoisotopic (exact) mass is 329 g/mol. The smallest absolute Gasteiger partial charge is 0.168 e. The molecule has 4 rings (SSSR count). The van der Waals surface area contributed by atoms with E-state index < -0.39 is 0 Å². The summed E-state index contributed by atoms with van der Waals surface area (Å²) in [5.41, 5.74) is 2.62. The van der Waals surface area contributed by atoms with Crippen LogP contribution in [0.2, 0.25) is 0 Å². The van der Waals surface area contributed by atoms with Gasteiger partial charge in [0.1, 0.15) is 0 Å². The summed E-state index contributed by atoms with van der Waals surface area (Å²) in [5, 5.41) is 12.4. The third-order valence-corrected chi connectivity index (χ3v) is 5.08. The van der Waals surface area contributed by atoms with E-state index in [1.54, 1.807) is 14.2 Å². The van der Waals surface area contributed by atoms with Crippen LogP contribution in [0.5, 0.6) is 11.5 Å². The maximum absolute atomic E-state index is 5.45. The first-order valence-corrected chi connectivity index (χ1v) is 8.47. The summed E-state index contributed by atoms with van der Waals surface area (Å²) in [6.45, 7) is 4.05. The van der Waals surface area contributed by atoms with Gasteiger partial charge in [-0.2, -0.15) is 0 Å². The molecule has 1 atom stereocenters.